The predicted octanol–water partition coefficient (Wildman–Crippen LogP) is 3.10. The first kappa shape index (κ1) is 21.6. The average Bonchev–Trinajstić information content (AvgIpc) is 3.22. The molecule has 2 unspecified atom stereocenters. The molecule has 1 saturated carbocycles. The Morgan fingerprint density at radius 3 is 2.66 bits per heavy atom. The van der Waals surface area contributed by atoms with Crippen molar-refractivity contribution in [1.82, 2.24) is 15.6 Å². The van der Waals surface area contributed by atoms with E-state index in [-0.39, 0.29) is 42.8 Å². The van der Waals surface area contributed by atoms with Crippen molar-refractivity contribution in [3.05, 3.63) is 17.4 Å². The van der Waals surface area contributed by atoms with Crippen molar-refractivity contribution in [1.29, 1.82) is 0 Å². The molecule has 1 amide bonds. The monoisotopic (exact) mass is 419 g/mol. The van der Waals surface area contributed by atoms with Crippen LogP contribution in [-0.2, 0) is 11.3 Å². The molecule has 0 spiro atoms. The maximum atomic E-state index is 14.5. The number of aromatic nitrogens is 1. The number of amides is 1. The largest absolute Gasteiger partial charge is 0.481 e. The van der Waals surface area contributed by atoms with Crippen LogP contribution in [0.5, 0.6) is 11.8 Å². The summed E-state index contributed by atoms with van der Waals surface area (Å²) in [4.78, 5) is 16.0. The highest BCUT2D eigenvalue weighted by atomic mass is 19.4. The maximum absolute atomic E-state index is 14.5. The lowest BCUT2D eigenvalue weighted by atomic mass is 9.86. The number of pyridine rings is 1. The summed E-state index contributed by atoms with van der Waals surface area (Å²) in [7, 11) is 1.31. The van der Waals surface area contributed by atoms with Crippen LogP contribution in [0.15, 0.2) is 6.07 Å². The zero-order chi connectivity index (χ0) is 21.0. The van der Waals surface area contributed by atoms with Crippen molar-refractivity contribution < 1.29 is 31.8 Å². The van der Waals surface area contributed by atoms with E-state index in [1.54, 1.807) is 0 Å². The SMILES string of the molecule is COc1nc(OC2CCCC[C@@H]2C(F)(F)F)c(F)cc1CNC(=O)C1CCCN1. The summed E-state index contributed by atoms with van der Waals surface area (Å²) >= 11 is 0. The Morgan fingerprint density at radius 1 is 1.24 bits per heavy atom. The van der Waals surface area contributed by atoms with Gasteiger partial charge in [0.05, 0.1) is 19.1 Å². The lowest BCUT2D eigenvalue weighted by molar-refractivity contribution is -0.204. The normalized spacial score (nSPS) is 24.9. The van der Waals surface area contributed by atoms with Gasteiger partial charge in [0.2, 0.25) is 11.8 Å². The second-order valence-corrected chi connectivity index (χ2v) is 7.40. The number of alkyl halides is 3. The smallest absolute Gasteiger partial charge is 0.395 e. The average molecular weight is 419 g/mol. The number of carbonyl (C=O) groups is 1. The minimum Gasteiger partial charge on any atom is -0.481 e. The van der Waals surface area contributed by atoms with Gasteiger partial charge < -0.3 is 20.1 Å². The summed E-state index contributed by atoms with van der Waals surface area (Å²) in [6.07, 6.45) is -2.80. The number of rotatable bonds is 6. The quantitative estimate of drug-likeness (QED) is 0.694. The Balaban J connectivity index is 1.71. The molecule has 6 nitrogen and oxygen atoms in total. The van der Waals surface area contributed by atoms with Gasteiger partial charge in [0.1, 0.15) is 6.10 Å². The number of nitrogens with one attached hydrogen (secondary N) is 2. The van der Waals surface area contributed by atoms with Gasteiger partial charge in [-0.25, -0.2) is 4.39 Å². The fraction of sp³-hybridized carbons (Fsp3) is 0.684. The Labute approximate surface area is 166 Å². The van der Waals surface area contributed by atoms with Crippen LogP contribution < -0.4 is 20.1 Å². The lowest BCUT2D eigenvalue weighted by Crippen LogP contribution is -2.40. The van der Waals surface area contributed by atoms with Crippen LogP contribution in [0.25, 0.3) is 0 Å². The number of hydrogen-bond donors (Lipinski definition) is 2. The molecule has 2 fully saturated rings. The Kier molecular flexibility index (Phi) is 6.81. The van der Waals surface area contributed by atoms with Gasteiger partial charge in [-0.2, -0.15) is 18.2 Å². The summed E-state index contributed by atoms with van der Waals surface area (Å²) < 4.78 is 64.7. The van der Waals surface area contributed by atoms with E-state index in [0.29, 0.717) is 12.8 Å². The zero-order valence-corrected chi connectivity index (χ0v) is 16.2. The Hall–Kier alpha value is -2.10. The Bertz CT molecular complexity index is 723. The van der Waals surface area contributed by atoms with E-state index >= 15 is 0 Å². The van der Waals surface area contributed by atoms with Crippen molar-refractivity contribution in [2.45, 2.75) is 63.4 Å². The molecule has 3 atom stereocenters. The van der Waals surface area contributed by atoms with Gasteiger partial charge in [-0.3, -0.25) is 4.79 Å². The van der Waals surface area contributed by atoms with Gasteiger partial charge in [-0.1, -0.05) is 6.42 Å². The molecule has 0 bridgehead atoms. The van der Waals surface area contributed by atoms with Gasteiger partial charge in [0, 0.05) is 12.1 Å². The van der Waals surface area contributed by atoms with Gasteiger partial charge in [0.25, 0.3) is 5.88 Å². The molecule has 0 aromatic carbocycles. The van der Waals surface area contributed by atoms with E-state index in [1.807, 2.05) is 0 Å². The number of hydrogen-bond acceptors (Lipinski definition) is 5. The van der Waals surface area contributed by atoms with E-state index in [4.69, 9.17) is 9.47 Å². The molecular formula is C19H25F4N3O3. The van der Waals surface area contributed by atoms with E-state index < -0.39 is 29.9 Å². The number of nitrogens with zero attached hydrogens (tertiary/aromatic N) is 1. The summed E-state index contributed by atoms with van der Waals surface area (Å²) in [6.45, 7) is 0.753. The zero-order valence-electron chi connectivity index (χ0n) is 16.2. The molecule has 29 heavy (non-hydrogen) atoms. The van der Waals surface area contributed by atoms with Gasteiger partial charge in [-0.15, -0.1) is 0 Å². The van der Waals surface area contributed by atoms with E-state index in [0.717, 1.165) is 25.5 Å². The first-order valence-corrected chi connectivity index (χ1v) is 9.77. The van der Waals surface area contributed by atoms with Crippen LogP contribution in [0.3, 0.4) is 0 Å². The fourth-order valence-electron chi connectivity index (χ4n) is 3.85. The topological polar surface area (TPSA) is 72.5 Å². The molecule has 1 aromatic rings. The molecule has 3 rings (SSSR count). The van der Waals surface area contributed by atoms with E-state index in [1.165, 1.54) is 7.11 Å². The van der Waals surface area contributed by atoms with Crippen LogP contribution in [-0.4, -0.2) is 42.9 Å². The Morgan fingerprint density at radius 2 is 2.00 bits per heavy atom. The number of ether oxygens (including phenoxy) is 2. The van der Waals surface area contributed by atoms with Crippen molar-refractivity contribution in [3.8, 4) is 11.8 Å². The third-order valence-electron chi connectivity index (χ3n) is 5.39. The maximum Gasteiger partial charge on any atom is 0.395 e. The van der Waals surface area contributed by atoms with Crippen LogP contribution in [0.1, 0.15) is 44.1 Å². The van der Waals surface area contributed by atoms with Crippen molar-refractivity contribution in [2.75, 3.05) is 13.7 Å². The molecular weight excluding hydrogens is 394 g/mol. The number of carbonyl (C=O) groups excluding carboxylic acids is 1. The standard InChI is InChI=1S/C19H25F4N3O3/c1-28-17-11(10-25-16(27)14-6-4-8-24-14)9-13(20)18(26-17)29-15-7-3-2-5-12(15)19(21,22)23/h9,12,14-15,24H,2-8,10H2,1H3,(H,25,27)/t12-,14?,15?/m0/s1. The molecule has 2 aliphatic rings. The fourth-order valence-corrected chi connectivity index (χ4v) is 3.85. The van der Waals surface area contributed by atoms with Crippen molar-refractivity contribution in [3.63, 3.8) is 0 Å². The van der Waals surface area contributed by atoms with Crippen LogP contribution in [0.2, 0.25) is 0 Å². The minimum absolute atomic E-state index is 0.000416. The van der Waals surface area contributed by atoms with Crippen LogP contribution in [0.4, 0.5) is 17.6 Å². The third kappa shape index (κ3) is 5.29. The summed E-state index contributed by atoms with van der Waals surface area (Å²) in [5, 5.41) is 5.75. The molecule has 2 N–H and O–H groups in total. The lowest BCUT2D eigenvalue weighted by Gasteiger charge is -2.32. The molecule has 1 saturated heterocycles. The molecule has 1 aromatic heterocycles. The number of methoxy groups -OCH3 is 1. The van der Waals surface area contributed by atoms with E-state index in [9.17, 15) is 22.4 Å². The summed E-state index contributed by atoms with van der Waals surface area (Å²) in [5.41, 5.74) is 0.278. The summed E-state index contributed by atoms with van der Waals surface area (Å²) in [5.74, 6) is -3.27. The highest BCUT2D eigenvalue weighted by Gasteiger charge is 2.47. The molecule has 1 aliphatic carbocycles. The molecule has 2 heterocycles. The first-order chi connectivity index (χ1) is 13.8. The number of halogens is 4. The van der Waals surface area contributed by atoms with Crippen molar-refractivity contribution in [2.24, 2.45) is 5.92 Å². The second kappa shape index (κ2) is 9.15. The molecule has 0 radical (unpaired) electrons. The van der Waals surface area contributed by atoms with Crippen LogP contribution >= 0.6 is 0 Å². The third-order valence-corrected chi connectivity index (χ3v) is 5.39. The predicted molar refractivity (Wildman–Crippen MR) is 96.0 cm³/mol. The second-order valence-electron chi connectivity index (χ2n) is 7.40. The van der Waals surface area contributed by atoms with E-state index in [2.05, 4.69) is 15.6 Å². The highest BCUT2D eigenvalue weighted by Crippen LogP contribution is 2.40. The molecule has 10 heteroatoms. The minimum atomic E-state index is -4.41. The van der Waals surface area contributed by atoms with Crippen molar-refractivity contribution >= 4 is 5.91 Å². The van der Waals surface area contributed by atoms with Gasteiger partial charge in [-0.05, 0) is 44.7 Å². The molecule has 162 valence electrons. The van der Waals surface area contributed by atoms with Crippen LogP contribution in [0, 0.1) is 11.7 Å². The van der Waals surface area contributed by atoms with Gasteiger partial charge >= 0.3 is 6.18 Å². The molecule has 1 aliphatic heterocycles. The van der Waals surface area contributed by atoms with Gasteiger partial charge in [0.15, 0.2) is 5.82 Å². The first-order valence-electron chi connectivity index (χ1n) is 9.77. The highest BCUT2D eigenvalue weighted by molar-refractivity contribution is 5.82. The summed E-state index contributed by atoms with van der Waals surface area (Å²) in [6, 6.07) is 0.793.